The van der Waals surface area contributed by atoms with E-state index in [2.05, 4.69) is 52.4 Å². The minimum Gasteiger partial charge on any atom is -0.461 e. The van der Waals surface area contributed by atoms with Gasteiger partial charge in [0.25, 0.3) is 0 Å². The Bertz CT molecular complexity index is 1020. The first-order chi connectivity index (χ1) is 14.8. The molecule has 1 aliphatic heterocycles. The van der Waals surface area contributed by atoms with E-state index in [9.17, 15) is 4.79 Å². The second kappa shape index (κ2) is 9.77. The Morgan fingerprint density at radius 1 is 1.07 bits per heavy atom. The zero-order valence-corrected chi connectivity index (χ0v) is 17.7. The number of carbonyl (C=O) groups excluding carboxylic acids is 1. The molecule has 3 aromatic rings. The predicted octanol–water partition coefficient (Wildman–Crippen LogP) is 5.46. The number of ether oxygens (including phenoxy) is 1. The molecule has 156 valence electrons. The van der Waals surface area contributed by atoms with Crippen molar-refractivity contribution in [2.24, 2.45) is 0 Å². The number of benzene rings is 2. The van der Waals surface area contributed by atoms with Gasteiger partial charge in [-0.1, -0.05) is 54.6 Å². The summed E-state index contributed by atoms with van der Waals surface area (Å²) in [6.45, 7) is 5.46. The molecule has 0 bridgehead atoms. The SMILES string of the molecule is CCOC(=O)c1[nH]c2ccccc2c1CCCCN1CC=C(c2ccccc2)CC1. The number of unbranched alkanes of at least 4 members (excludes halogenated alkanes) is 1. The molecular weight excluding hydrogens is 372 g/mol. The number of aromatic amines is 1. The first kappa shape index (κ1) is 20.4. The number of nitrogens with zero attached hydrogens (tertiary/aromatic N) is 1. The summed E-state index contributed by atoms with van der Waals surface area (Å²) in [4.78, 5) is 18.2. The molecule has 1 aliphatic rings. The highest BCUT2D eigenvalue weighted by molar-refractivity contribution is 5.98. The number of hydrogen-bond donors (Lipinski definition) is 1. The van der Waals surface area contributed by atoms with Crippen LogP contribution in [0.3, 0.4) is 0 Å². The van der Waals surface area contributed by atoms with Gasteiger partial charge in [0.15, 0.2) is 0 Å². The first-order valence-electron chi connectivity index (χ1n) is 11.0. The molecule has 30 heavy (non-hydrogen) atoms. The summed E-state index contributed by atoms with van der Waals surface area (Å²) in [7, 11) is 0. The van der Waals surface area contributed by atoms with Crippen LogP contribution in [0.5, 0.6) is 0 Å². The third-order valence-corrected chi connectivity index (χ3v) is 5.88. The number of fused-ring (bicyclic) bond motifs is 1. The van der Waals surface area contributed by atoms with E-state index >= 15 is 0 Å². The molecule has 0 amide bonds. The summed E-state index contributed by atoms with van der Waals surface area (Å²) in [5.74, 6) is -0.252. The minimum atomic E-state index is -0.252. The van der Waals surface area contributed by atoms with Crippen molar-refractivity contribution in [2.75, 3.05) is 26.2 Å². The number of H-pyrrole nitrogens is 1. The van der Waals surface area contributed by atoms with Gasteiger partial charge in [-0.15, -0.1) is 0 Å². The third-order valence-electron chi connectivity index (χ3n) is 5.88. The van der Waals surface area contributed by atoms with E-state index in [0.717, 1.165) is 61.8 Å². The highest BCUT2D eigenvalue weighted by Crippen LogP contribution is 2.26. The number of aromatic nitrogens is 1. The predicted molar refractivity (Wildman–Crippen MR) is 123 cm³/mol. The van der Waals surface area contributed by atoms with Crippen molar-refractivity contribution in [1.29, 1.82) is 0 Å². The van der Waals surface area contributed by atoms with Crippen molar-refractivity contribution in [3.63, 3.8) is 0 Å². The maximum absolute atomic E-state index is 12.4. The number of aryl methyl sites for hydroxylation is 1. The van der Waals surface area contributed by atoms with Crippen LogP contribution in [0, 0.1) is 0 Å². The van der Waals surface area contributed by atoms with Crippen LogP contribution in [-0.2, 0) is 11.2 Å². The van der Waals surface area contributed by atoms with Crippen LogP contribution in [-0.4, -0.2) is 42.1 Å². The normalized spacial score (nSPS) is 14.6. The maximum atomic E-state index is 12.4. The third kappa shape index (κ3) is 4.65. The van der Waals surface area contributed by atoms with Crippen molar-refractivity contribution in [3.8, 4) is 0 Å². The quantitative estimate of drug-likeness (QED) is 0.402. The maximum Gasteiger partial charge on any atom is 0.355 e. The molecule has 4 heteroatoms. The standard InChI is InChI=1S/C26H30N2O2/c1-2-30-26(29)25-23(22-12-6-7-14-24(22)27-25)13-8-9-17-28-18-15-21(16-19-28)20-10-4-3-5-11-20/h3-7,10-12,14-15,27H,2,8-9,13,16-19H2,1H3. The topological polar surface area (TPSA) is 45.3 Å². The fourth-order valence-corrected chi connectivity index (χ4v) is 4.30. The van der Waals surface area contributed by atoms with Gasteiger partial charge in [-0.2, -0.15) is 0 Å². The van der Waals surface area contributed by atoms with Gasteiger partial charge in [0.2, 0.25) is 0 Å². The largest absolute Gasteiger partial charge is 0.461 e. The van der Waals surface area contributed by atoms with Gasteiger partial charge in [0.05, 0.1) is 6.61 Å². The number of rotatable bonds is 8. The Balaban J connectivity index is 1.33. The Morgan fingerprint density at radius 3 is 2.63 bits per heavy atom. The van der Waals surface area contributed by atoms with Crippen LogP contribution < -0.4 is 0 Å². The summed E-state index contributed by atoms with van der Waals surface area (Å²) in [5, 5.41) is 1.13. The molecule has 0 saturated carbocycles. The average Bonchev–Trinajstić information content (AvgIpc) is 3.17. The number of hydrogen-bond acceptors (Lipinski definition) is 3. The fourth-order valence-electron chi connectivity index (χ4n) is 4.30. The number of nitrogens with one attached hydrogen (secondary N) is 1. The van der Waals surface area contributed by atoms with Crippen LogP contribution in [0.2, 0.25) is 0 Å². The lowest BCUT2D eigenvalue weighted by Gasteiger charge is -2.26. The molecule has 0 spiro atoms. The summed E-state index contributed by atoms with van der Waals surface area (Å²) in [6.07, 6.45) is 6.55. The number of para-hydroxylation sites is 1. The molecule has 0 atom stereocenters. The molecule has 1 N–H and O–H groups in total. The van der Waals surface area contributed by atoms with Gasteiger partial charge in [-0.3, -0.25) is 4.90 Å². The number of esters is 1. The van der Waals surface area contributed by atoms with Crippen LogP contribution in [0.4, 0.5) is 0 Å². The van der Waals surface area contributed by atoms with Gasteiger partial charge in [0, 0.05) is 24.0 Å². The van der Waals surface area contributed by atoms with E-state index in [1.165, 1.54) is 11.1 Å². The Labute approximate surface area is 178 Å². The van der Waals surface area contributed by atoms with Crippen molar-refractivity contribution >= 4 is 22.4 Å². The van der Waals surface area contributed by atoms with Crippen molar-refractivity contribution < 1.29 is 9.53 Å². The number of carbonyl (C=O) groups is 1. The molecule has 0 fully saturated rings. The molecule has 0 saturated heterocycles. The molecule has 0 radical (unpaired) electrons. The van der Waals surface area contributed by atoms with E-state index in [1.54, 1.807) is 0 Å². The van der Waals surface area contributed by atoms with Crippen molar-refractivity contribution in [2.45, 2.75) is 32.6 Å². The smallest absolute Gasteiger partial charge is 0.355 e. The summed E-state index contributed by atoms with van der Waals surface area (Å²) in [6, 6.07) is 18.8. The molecule has 4 rings (SSSR count). The van der Waals surface area contributed by atoms with Gasteiger partial charge in [-0.25, -0.2) is 4.79 Å². The second-order valence-electron chi connectivity index (χ2n) is 7.85. The van der Waals surface area contributed by atoms with Crippen LogP contribution in [0.15, 0.2) is 60.7 Å². The zero-order valence-electron chi connectivity index (χ0n) is 17.7. The Hall–Kier alpha value is -2.85. The lowest BCUT2D eigenvalue weighted by Crippen LogP contribution is -2.29. The summed E-state index contributed by atoms with van der Waals surface area (Å²) in [5.41, 5.74) is 5.53. The van der Waals surface area contributed by atoms with E-state index in [0.29, 0.717) is 12.3 Å². The first-order valence-corrected chi connectivity index (χ1v) is 11.0. The molecule has 1 aromatic heterocycles. The van der Waals surface area contributed by atoms with Crippen LogP contribution in [0.1, 0.15) is 47.8 Å². The van der Waals surface area contributed by atoms with Gasteiger partial charge in [0.1, 0.15) is 5.69 Å². The molecule has 4 nitrogen and oxygen atoms in total. The fraction of sp³-hybridized carbons (Fsp3) is 0.346. The van der Waals surface area contributed by atoms with Crippen LogP contribution in [0.25, 0.3) is 16.5 Å². The summed E-state index contributed by atoms with van der Waals surface area (Å²) < 4.78 is 5.26. The average molecular weight is 403 g/mol. The van der Waals surface area contributed by atoms with Gasteiger partial charge >= 0.3 is 5.97 Å². The van der Waals surface area contributed by atoms with Crippen molar-refractivity contribution in [3.05, 3.63) is 77.5 Å². The Kier molecular flexibility index (Phi) is 6.65. The van der Waals surface area contributed by atoms with Crippen molar-refractivity contribution in [1.82, 2.24) is 9.88 Å². The lowest BCUT2D eigenvalue weighted by atomic mass is 9.99. The summed E-state index contributed by atoms with van der Waals surface area (Å²) >= 11 is 0. The molecule has 2 heterocycles. The lowest BCUT2D eigenvalue weighted by molar-refractivity contribution is 0.0519. The molecule has 0 unspecified atom stereocenters. The van der Waals surface area contributed by atoms with E-state index in [4.69, 9.17) is 4.74 Å². The molecule has 2 aromatic carbocycles. The molecular formula is C26H30N2O2. The highest BCUT2D eigenvalue weighted by Gasteiger charge is 2.18. The Morgan fingerprint density at radius 2 is 1.87 bits per heavy atom. The molecule has 0 aliphatic carbocycles. The minimum absolute atomic E-state index is 0.252. The second-order valence-corrected chi connectivity index (χ2v) is 7.85. The zero-order chi connectivity index (χ0) is 20.8. The monoisotopic (exact) mass is 402 g/mol. The van der Waals surface area contributed by atoms with E-state index in [-0.39, 0.29) is 5.97 Å². The van der Waals surface area contributed by atoms with Gasteiger partial charge < -0.3 is 9.72 Å². The van der Waals surface area contributed by atoms with Gasteiger partial charge in [-0.05, 0) is 61.9 Å². The highest BCUT2D eigenvalue weighted by atomic mass is 16.5. The van der Waals surface area contributed by atoms with Crippen LogP contribution >= 0.6 is 0 Å². The van der Waals surface area contributed by atoms with E-state index in [1.807, 2.05) is 25.1 Å². The van der Waals surface area contributed by atoms with E-state index < -0.39 is 0 Å².